The molecule has 25 heavy (non-hydrogen) atoms. The van der Waals surface area contributed by atoms with Crippen molar-refractivity contribution in [3.8, 4) is 28.7 Å². The molecule has 130 valence electrons. The molecule has 0 amide bonds. The van der Waals surface area contributed by atoms with Crippen molar-refractivity contribution in [2.45, 2.75) is 39.0 Å². The van der Waals surface area contributed by atoms with Gasteiger partial charge in [0.2, 0.25) is 0 Å². The average molecular weight is 354 g/mol. The van der Waals surface area contributed by atoms with E-state index in [4.69, 9.17) is 21.7 Å². The minimum atomic E-state index is 0.517. The largest absolute Gasteiger partial charge is 0.493 e. The van der Waals surface area contributed by atoms with E-state index in [1.807, 2.05) is 18.2 Å². The first-order chi connectivity index (χ1) is 12.2. The summed E-state index contributed by atoms with van der Waals surface area (Å²) in [5, 5.41) is 9.67. The predicted molar refractivity (Wildman–Crippen MR) is 101 cm³/mol. The number of rotatable bonds is 5. The van der Waals surface area contributed by atoms with Gasteiger partial charge in [0.05, 0.1) is 19.3 Å². The number of pyridine rings is 1. The van der Waals surface area contributed by atoms with Crippen molar-refractivity contribution in [2.75, 3.05) is 13.7 Å². The lowest BCUT2D eigenvalue weighted by atomic mass is 9.87. The van der Waals surface area contributed by atoms with Gasteiger partial charge in [0.25, 0.3) is 0 Å². The number of hydrogen-bond donors (Lipinski definition) is 1. The molecule has 0 saturated heterocycles. The van der Waals surface area contributed by atoms with Crippen molar-refractivity contribution in [2.24, 2.45) is 0 Å². The smallest absolute Gasteiger partial charge is 0.161 e. The lowest BCUT2D eigenvalue weighted by Crippen LogP contribution is -2.09. The number of nitrogens with zero attached hydrogens (tertiary/aromatic N) is 1. The summed E-state index contributed by atoms with van der Waals surface area (Å²) in [5.41, 5.74) is 4.81. The van der Waals surface area contributed by atoms with Crippen LogP contribution in [0.5, 0.6) is 11.5 Å². The minimum absolute atomic E-state index is 0.517. The summed E-state index contributed by atoms with van der Waals surface area (Å²) in [6.07, 6.45) is 5.15. The van der Waals surface area contributed by atoms with Crippen LogP contribution in [0.4, 0.5) is 0 Å². The number of H-pyrrole nitrogens is 1. The van der Waals surface area contributed by atoms with E-state index in [1.165, 1.54) is 5.56 Å². The summed E-state index contributed by atoms with van der Waals surface area (Å²) in [7, 11) is 1.63. The fraction of sp³-hybridized carbons (Fsp3) is 0.400. The second kappa shape index (κ2) is 7.71. The molecule has 1 aromatic heterocycles. The standard InChI is InChI=1S/C20H22N2O2S/c1-3-10-24-17-9-8-13(11-18(17)23-2)19-14-6-4-5-7-16(14)22-20(25)15(19)12-21/h8-9,11H,3-7,10H2,1-2H3,(H,22,25). The van der Waals surface area contributed by atoms with Crippen LogP contribution in [-0.2, 0) is 12.8 Å². The average Bonchev–Trinajstić information content (AvgIpc) is 2.65. The van der Waals surface area contributed by atoms with E-state index in [0.29, 0.717) is 22.6 Å². The zero-order valence-electron chi connectivity index (χ0n) is 14.6. The van der Waals surface area contributed by atoms with Crippen molar-refractivity contribution in [3.63, 3.8) is 0 Å². The summed E-state index contributed by atoms with van der Waals surface area (Å²) >= 11 is 5.43. The van der Waals surface area contributed by atoms with Gasteiger partial charge < -0.3 is 14.5 Å². The lowest BCUT2D eigenvalue weighted by molar-refractivity contribution is 0.294. The number of hydrogen-bond acceptors (Lipinski definition) is 4. The van der Waals surface area contributed by atoms with Gasteiger partial charge in [0.15, 0.2) is 11.5 Å². The van der Waals surface area contributed by atoms with Crippen LogP contribution >= 0.6 is 12.2 Å². The molecule has 3 rings (SSSR count). The fourth-order valence-corrected chi connectivity index (χ4v) is 3.63. The van der Waals surface area contributed by atoms with Crippen molar-refractivity contribution < 1.29 is 9.47 Å². The van der Waals surface area contributed by atoms with E-state index < -0.39 is 0 Å². The Morgan fingerprint density at radius 1 is 1.24 bits per heavy atom. The van der Waals surface area contributed by atoms with Crippen LogP contribution in [0.3, 0.4) is 0 Å². The van der Waals surface area contributed by atoms with Gasteiger partial charge in [-0.15, -0.1) is 0 Å². The van der Waals surface area contributed by atoms with Gasteiger partial charge in [-0.2, -0.15) is 5.26 Å². The molecular weight excluding hydrogens is 332 g/mol. The highest BCUT2D eigenvalue weighted by atomic mass is 32.1. The Balaban J connectivity index is 2.17. The van der Waals surface area contributed by atoms with Crippen molar-refractivity contribution >= 4 is 12.2 Å². The highest BCUT2D eigenvalue weighted by Gasteiger charge is 2.21. The van der Waals surface area contributed by atoms with Gasteiger partial charge in [0.1, 0.15) is 10.7 Å². The van der Waals surface area contributed by atoms with E-state index in [1.54, 1.807) is 7.11 Å². The monoisotopic (exact) mass is 354 g/mol. The number of fused-ring (bicyclic) bond motifs is 1. The number of aryl methyl sites for hydroxylation is 1. The van der Waals surface area contributed by atoms with Crippen LogP contribution in [0.15, 0.2) is 18.2 Å². The second-order valence-corrected chi connectivity index (χ2v) is 6.60. The van der Waals surface area contributed by atoms with E-state index >= 15 is 0 Å². The summed E-state index contributed by atoms with van der Waals surface area (Å²) < 4.78 is 11.8. The molecule has 0 unspecified atom stereocenters. The Morgan fingerprint density at radius 3 is 2.76 bits per heavy atom. The third-order valence-electron chi connectivity index (χ3n) is 4.54. The van der Waals surface area contributed by atoms with E-state index in [9.17, 15) is 5.26 Å². The number of aromatic nitrogens is 1. The first-order valence-electron chi connectivity index (χ1n) is 8.69. The molecule has 1 aromatic carbocycles. The van der Waals surface area contributed by atoms with Crippen molar-refractivity contribution in [1.82, 2.24) is 4.98 Å². The van der Waals surface area contributed by atoms with Gasteiger partial charge in [0, 0.05) is 11.3 Å². The maximum absolute atomic E-state index is 9.67. The van der Waals surface area contributed by atoms with Crippen LogP contribution in [0.1, 0.15) is 43.0 Å². The van der Waals surface area contributed by atoms with Crippen LogP contribution in [-0.4, -0.2) is 18.7 Å². The number of ether oxygens (including phenoxy) is 2. The van der Waals surface area contributed by atoms with Crippen LogP contribution in [0.2, 0.25) is 0 Å². The van der Waals surface area contributed by atoms with E-state index in [-0.39, 0.29) is 0 Å². The Labute approximate surface area is 153 Å². The third-order valence-corrected chi connectivity index (χ3v) is 4.84. The molecule has 4 nitrogen and oxygen atoms in total. The minimum Gasteiger partial charge on any atom is -0.493 e. The maximum Gasteiger partial charge on any atom is 0.161 e. The molecule has 0 atom stereocenters. The Bertz CT molecular complexity index is 880. The van der Waals surface area contributed by atoms with Crippen molar-refractivity contribution in [1.29, 1.82) is 5.26 Å². The zero-order valence-corrected chi connectivity index (χ0v) is 15.5. The molecule has 1 aliphatic rings. The van der Waals surface area contributed by atoms with Gasteiger partial charge >= 0.3 is 0 Å². The molecule has 0 bridgehead atoms. The van der Waals surface area contributed by atoms with E-state index in [0.717, 1.165) is 54.7 Å². The number of benzene rings is 1. The molecule has 0 radical (unpaired) electrons. The lowest BCUT2D eigenvalue weighted by Gasteiger charge is -2.21. The molecule has 5 heteroatoms. The van der Waals surface area contributed by atoms with Gasteiger partial charge in [-0.25, -0.2) is 0 Å². The van der Waals surface area contributed by atoms with E-state index in [2.05, 4.69) is 18.0 Å². The highest BCUT2D eigenvalue weighted by molar-refractivity contribution is 7.71. The number of aromatic amines is 1. The first-order valence-corrected chi connectivity index (χ1v) is 9.09. The Morgan fingerprint density at radius 2 is 2.04 bits per heavy atom. The SMILES string of the molecule is CCCOc1ccc(-c2c3c([nH]c(=S)c2C#N)CCCC3)cc1OC. The van der Waals surface area contributed by atoms with Gasteiger partial charge in [-0.1, -0.05) is 25.2 Å². The third kappa shape index (κ3) is 3.40. The molecule has 1 heterocycles. The second-order valence-electron chi connectivity index (χ2n) is 6.19. The first kappa shape index (κ1) is 17.5. The van der Waals surface area contributed by atoms with Crippen LogP contribution in [0, 0.1) is 16.0 Å². The predicted octanol–water partition coefficient (Wildman–Crippen LogP) is 4.96. The zero-order chi connectivity index (χ0) is 17.8. The van der Waals surface area contributed by atoms with Gasteiger partial charge in [-0.3, -0.25) is 0 Å². The van der Waals surface area contributed by atoms with Crippen molar-refractivity contribution in [3.05, 3.63) is 39.7 Å². The summed E-state index contributed by atoms with van der Waals surface area (Å²) in [5.74, 6) is 1.40. The Kier molecular flexibility index (Phi) is 5.40. The molecule has 0 aliphatic heterocycles. The highest BCUT2D eigenvalue weighted by Crippen LogP contribution is 2.38. The molecule has 0 fully saturated rings. The summed E-state index contributed by atoms with van der Waals surface area (Å²) in [6, 6.07) is 8.15. The number of nitriles is 1. The summed E-state index contributed by atoms with van der Waals surface area (Å²) in [4.78, 5) is 3.26. The normalized spacial score (nSPS) is 13.0. The maximum atomic E-state index is 9.67. The number of methoxy groups -OCH3 is 1. The van der Waals surface area contributed by atoms with Crippen LogP contribution < -0.4 is 9.47 Å². The summed E-state index contributed by atoms with van der Waals surface area (Å²) in [6.45, 7) is 2.71. The number of nitrogens with one attached hydrogen (secondary N) is 1. The molecule has 1 N–H and O–H groups in total. The molecule has 0 saturated carbocycles. The van der Waals surface area contributed by atoms with Gasteiger partial charge in [-0.05, 0) is 55.4 Å². The molecule has 1 aliphatic carbocycles. The Hall–Kier alpha value is -2.32. The topological polar surface area (TPSA) is 58.0 Å². The molecular formula is C20H22N2O2S. The molecule has 2 aromatic rings. The molecule has 0 spiro atoms. The van der Waals surface area contributed by atoms with Crippen LogP contribution in [0.25, 0.3) is 11.1 Å². The quantitative estimate of drug-likeness (QED) is 0.771. The fourth-order valence-electron chi connectivity index (χ4n) is 3.36.